The molecule has 0 atom stereocenters. The van der Waals surface area contributed by atoms with E-state index >= 15 is 0 Å². The van der Waals surface area contributed by atoms with Gasteiger partial charge in [-0.15, -0.1) is 0 Å². The van der Waals surface area contributed by atoms with Crippen LogP contribution in [0, 0.1) is 0 Å². The molecule has 0 radical (unpaired) electrons. The molecule has 1 heterocycles. The minimum Gasteiger partial charge on any atom is -0.365 e. The fourth-order valence-corrected chi connectivity index (χ4v) is 2.89. The van der Waals surface area contributed by atoms with Crippen molar-refractivity contribution in [2.75, 3.05) is 10.7 Å². The highest BCUT2D eigenvalue weighted by Crippen LogP contribution is 2.39. The molecule has 2 aliphatic carbocycles. The van der Waals surface area contributed by atoms with Gasteiger partial charge in [0.1, 0.15) is 17.5 Å². The maximum atomic E-state index is 5.51. The molecule has 0 saturated heterocycles. The van der Waals surface area contributed by atoms with Crippen LogP contribution in [-0.2, 0) is 0 Å². The molecule has 2 aliphatic rings. The summed E-state index contributed by atoms with van der Waals surface area (Å²) in [5.41, 5.74) is 2.82. The molecule has 0 bridgehead atoms. The summed E-state index contributed by atoms with van der Waals surface area (Å²) < 4.78 is 0. The zero-order chi connectivity index (χ0) is 13.3. The van der Waals surface area contributed by atoms with E-state index in [0.29, 0.717) is 11.7 Å². The van der Waals surface area contributed by atoms with E-state index < -0.39 is 0 Å². The molecule has 0 amide bonds. The molecule has 5 nitrogen and oxygen atoms in total. The van der Waals surface area contributed by atoms with Crippen LogP contribution < -0.4 is 16.6 Å². The molecular weight excluding hydrogens is 238 g/mol. The quantitative estimate of drug-likeness (QED) is 0.574. The highest BCUT2D eigenvalue weighted by Gasteiger charge is 2.30. The number of nitrogens with one attached hydrogen (secondary N) is 2. The lowest BCUT2D eigenvalue weighted by Crippen LogP contribution is -2.37. The molecule has 0 unspecified atom stereocenters. The lowest BCUT2D eigenvalue weighted by atomic mass is 9.83. The second kappa shape index (κ2) is 4.96. The van der Waals surface area contributed by atoms with Crippen LogP contribution >= 0.6 is 0 Å². The van der Waals surface area contributed by atoms with E-state index in [1.54, 1.807) is 0 Å². The molecule has 0 spiro atoms. The number of nitrogens with zero attached hydrogens (tertiary/aromatic N) is 2. The molecule has 104 valence electrons. The molecule has 1 aromatic rings. The minimum atomic E-state index is 0.166. The first kappa shape index (κ1) is 12.7. The van der Waals surface area contributed by atoms with Crippen molar-refractivity contribution >= 4 is 11.6 Å². The van der Waals surface area contributed by atoms with E-state index in [0.717, 1.165) is 11.6 Å². The number of nitrogen functional groups attached to an aromatic ring is 1. The van der Waals surface area contributed by atoms with Crippen molar-refractivity contribution in [1.82, 2.24) is 9.97 Å². The lowest BCUT2D eigenvalue weighted by molar-refractivity contribution is 0.348. The summed E-state index contributed by atoms with van der Waals surface area (Å²) >= 11 is 0. The molecule has 0 aromatic carbocycles. The minimum absolute atomic E-state index is 0.166. The van der Waals surface area contributed by atoms with E-state index in [-0.39, 0.29) is 5.54 Å². The van der Waals surface area contributed by atoms with Crippen LogP contribution in [0.5, 0.6) is 0 Å². The third kappa shape index (κ3) is 2.97. The number of aromatic nitrogens is 2. The molecule has 2 fully saturated rings. The second-order valence-corrected chi connectivity index (χ2v) is 6.16. The molecule has 0 aliphatic heterocycles. The third-order valence-electron chi connectivity index (χ3n) is 4.22. The first-order chi connectivity index (χ1) is 9.18. The van der Waals surface area contributed by atoms with Gasteiger partial charge < -0.3 is 10.7 Å². The Hall–Kier alpha value is -1.36. The van der Waals surface area contributed by atoms with Crippen molar-refractivity contribution in [1.29, 1.82) is 0 Å². The molecule has 4 N–H and O–H groups in total. The van der Waals surface area contributed by atoms with Crippen LogP contribution in [0.1, 0.15) is 63.6 Å². The Bertz CT molecular complexity index is 449. The van der Waals surface area contributed by atoms with Crippen molar-refractivity contribution in [2.24, 2.45) is 5.84 Å². The van der Waals surface area contributed by atoms with Gasteiger partial charge in [-0.05, 0) is 32.6 Å². The largest absolute Gasteiger partial charge is 0.365 e. The second-order valence-electron chi connectivity index (χ2n) is 6.16. The summed E-state index contributed by atoms with van der Waals surface area (Å²) in [7, 11) is 0. The summed E-state index contributed by atoms with van der Waals surface area (Å²) in [6.45, 7) is 2.29. The Kier molecular flexibility index (Phi) is 3.31. The SMILES string of the molecule is CC1(Nc2cc(NN)nc(C3CC3)n2)CCCCC1. The van der Waals surface area contributed by atoms with E-state index in [2.05, 4.69) is 27.6 Å². The van der Waals surface area contributed by atoms with Crippen LogP contribution in [0.2, 0.25) is 0 Å². The van der Waals surface area contributed by atoms with E-state index in [9.17, 15) is 0 Å². The van der Waals surface area contributed by atoms with Gasteiger partial charge in [0.2, 0.25) is 0 Å². The van der Waals surface area contributed by atoms with Gasteiger partial charge in [-0.2, -0.15) is 0 Å². The summed E-state index contributed by atoms with van der Waals surface area (Å²) in [6, 6.07) is 1.91. The standard InChI is InChI=1S/C14H23N5/c1-14(7-3-2-4-8-14)18-11-9-12(19-15)17-13(16-11)10-5-6-10/h9-10H,2-8,15H2,1H3,(H2,16,17,18,19). The van der Waals surface area contributed by atoms with Crippen molar-refractivity contribution < 1.29 is 0 Å². The monoisotopic (exact) mass is 261 g/mol. The molecular formula is C14H23N5. The van der Waals surface area contributed by atoms with Gasteiger partial charge in [-0.3, -0.25) is 0 Å². The predicted octanol–water partition coefficient (Wildman–Crippen LogP) is 2.77. The number of hydrogen-bond acceptors (Lipinski definition) is 5. The van der Waals surface area contributed by atoms with E-state index in [4.69, 9.17) is 5.84 Å². The molecule has 1 aromatic heterocycles. The highest BCUT2D eigenvalue weighted by molar-refractivity contribution is 5.49. The normalized spacial score (nSPS) is 22.0. The smallest absolute Gasteiger partial charge is 0.145 e. The van der Waals surface area contributed by atoms with E-state index in [1.165, 1.54) is 44.9 Å². The van der Waals surface area contributed by atoms with Gasteiger partial charge in [0.05, 0.1) is 0 Å². The fraction of sp³-hybridized carbons (Fsp3) is 0.714. The topological polar surface area (TPSA) is 75.9 Å². The first-order valence-electron chi connectivity index (χ1n) is 7.32. The van der Waals surface area contributed by atoms with Gasteiger partial charge >= 0.3 is 0 Å². The fourth-order valence-electron chi connectivity index (χ4n) is 2.89. The Morgan fingerprint density at radius 1 is 1.16 bits per heavy atom. The molecule has 5 heteroatoms. The predicted molar refractivity (Wildman–Crippen MR) is 76.9 cm³/mol. The molecule has 19 heavy (non-hydrogen) atoms. The average Bonchev–Trinajstić information content (AvgIpc) is 3.23. The number of hydrazine groups is 1. The average molecular weight is 261 g/mol. The van der Waals surface area contributed by atoms with Crippen molar-refractivity contribution in [3.8, 4) is 0 Å². The number of rotatable bonds is 4. The van der Waals surface area contributed by atoms with Gasteiger partial charge in [0.25, 0.3) is 0 Å². The maximum Gasteiger partial charge on any atom is 0.145 e. The maximum absolute atomic E-state index is 5.51. The van der Waals surface area contributed by atoms with Gasteiger partial charge in [0, 0.05) is 17.5 Å². The van der Waals surface area contributed by atoms with Crippen LogP contribution in [0.4, 0.5) is 11.6 Å². The highest BCUT2D eigenvalue weighted by atomic mass is 15.3. The van der Waals surface area contributed by atoms with Gasteiger partial charge in [-0.25, -0.2) is 15.8 Å². The Morgan fingerprint density at radius 2 is 1.84 bits per heavy atom. The van der Waals surface area contributed by atoms with Crippen LogP contribution in [0.15, 0.2) is 6.07 Å². The van der Waals surface area contributed by atoms with Crippen molar-refractivity contribution in [2.45, 2.75) is 63.3 Å². The summed E-state index contributed by atoms with van der Waals surface area (Å²) in [4.78, 5) is 9.11. The van der Waals surface area contributed by atoms with Crippen LogP contribution in [0.3, 0.4) is 0 Å². The number of anilines is 2. The lowest BCUT2D eigenvalue weighted by Gasteiger charge is -2.35. The molecule has 3 rings (SSSR count). The first-order valence-corrected chi connectivity index (χ1v) is 7.32. The van der Waals surface area contributed by atoms with E-state index in [1.807, 2.05) is 6.07 Å². The summed E-state index contributed by atoms with van der Waals surface area (Å²) in [6.07, 6.45) is 8.76. The number of nitrogens with two attached hydrogens (primary N) is 1. The summed E-state index contributed by atoms with van der Waals surface area (Å²) in [5.74, 6) is 8.59. The number of hydrogen-bond donors (Lipinski definition) is 3. The van der Waals surface area contributed by atoms with Gasteiger partial charge in [-0.1, -0.05) is 19.3 Å². The van der Waals surface area contributed by atoms with Crippen LogP contribution in [-0.4, -0.2) is 15.5 Å². The van der Waals surface area contributed by atoms with Gasteiger partial charge in [0.15, 0.2) is 0 Å². The van der Waals surface area contributed by atoms with Crippen molar-refractivity contribution in [3.63, 3.8) is 0 Å². The Morgan fingerprint density at radius 3 is 2.47 bits per heavy atom. The van der Waals surface area contributed by atoms with Crippen LogP contribution in [0.25, 0.3) is 0 Å². The summed E-state index contributed by atoms with van der Waals surface area (Å²) in [5, 5.41) is 3.61. The third-order valence-corrected chi connectivity index (χ3v) is 4.22. The zero-order valence-corrected chi connectivity index (χ0v) is 11.6. The Labute approximate surface area is 114 Å². The molecule has 2 saturated carbocycles. The zero-order valence-electron chi connectivity index (χ0n) is 11.6. The van der Waals surface area contributed by atoms with Crippen molar-refractivity contribution in [3.05, 3.63) is 11.9 Å². The Balaban J connectivity index is 1.80.